The Kier molecular flexibility index (Phi) is 7.62. The number of hydrogen-bond donors (Lipinski definition) is 2. The molecular weight excluding hydrogens is 367 g/mol. The Hall–Kier alpha value is -3.29. The van der Waals surface area contributed by atoms with Crippen molar-refractivity contribution >= 4 is 17.6 Å². The summed E-state index contributed by atoms with van der Waals surface area (Å²) in [5.74, 6) is -0.322. The summed E-state index contributed by atoms with van der Waals surface area (Å²) >= 11 is 0. The van der Waals surface area contributed by atoms with Crippen LogP contribution in [-0.2, 0) is 16.0 Å². The minimum Gasteiger partial charge on any atom is -0.493 e. The van der Waals surface area contributed by atoms with Gasteiger partial charge in [0.15, 0.2) is 11.5 Å². The van der Waals surface area contributed by atoms with Gasteiger partial charge in [0.2, 0.25) is 5.91 Å². The number of carbonyl (C=O) groups excluding carboxylic acids is 2. The molecule has 0 bridgehead atoms. The molecule has 0 aliphatic heterocycles. The van der Waals surface area contributed by atoms with Crippen molar-refractivity contribution in [2.24, 2.45) is 0 Å². The van der Waals surface area contributed by atoms with E-state index in [0.717, 1.165) is 5.56 Å². The van der Waals surface area contributed by atoms with Crippen LogP contribution in [0.1, 0.15) is 22.3 Å². The second-order valence-corrected chi connectivity index (χ2v) is 5.94. The number of nitrogens with one attached hydrogen (secondary N) is 1. The van der Waals surface area contributed by atoms with Crippen molar-refractivity contribution in [3.63, 3.8) is 0 Å². The van der Waals surface area contributed by atoms with Gasteiger partial charge in [0, 0.05) is 18.7 Å². The van der Waals surface area contributed by atoms with E-state index in [1.54, 1.807) is 12.1 Å². The average Bonchev–Trinajstić information content (AvgIpc) is 2.69. The van der Waals surface area contributed by atoms with Crippen LogP contribution in [0.5, 0.6) is 11.5 Å². The highest BCUT2D eigenvalue weighted by molar-refractivity contribution is 5.96. The number of amides is 1. The highest BCUT2D eigenvalue weighted by Gasteiger charge is 2.16. The number of nitrogen functional groups attached to an aromatic ring is 1. The Morgan fingerprint density at radius 1 is 1.11 bits per heavy atom. The molecule has 0 atom stereocenters. The zero-order valence-electron chi connectivity index (χ0n) is 15.8. The number of carbonyl (C=O) groups is 2. The van der Waals surface area contributed by atoms with Crippen LogP contribution in [0.25, 0.3) is 0 Å². The van der Waals surface area contributed by atoms with Crippen LogP contribution in [0, 0.1) is 5.82 Å². The van der Waals surface area contributed by atoms with E-state index >= 15 is 0 Å². The fourth-order valence-corrected chi connectivity index (χ4v) is 2.47. The lowest BCUT2D eigenvalue weighted by molar-refractivity contribution is -0.120. The van der Waals surface area contributed by atoms with Crippen molar-refractivity contribution in [1.82, 2.24) is 5.32 Å². The zero-order chi connectivity index (χ0) is 20.5. The number of methoxy groups -OCH3 is 2. The number of rotatable bonds is 9. The lowest BCUT2D eigenvalue weighted by Crippen LogP contribution is -2.27. The molecular formula is C20H23FN2O5. The summed E-state index contributed by atoms with van der Waals surface area (Å²) in [7, 11) is 2.73. The van der Waals surface area contributed by atoms with Gasteiger partial charge in [-0.25, -0.2) is 9.18 Å². The Labute approximate surface area is 162 Å². The first-order chi connectivity index (χ1) is 13.4. The number of esters is 1. The summed E-state index contributed by atoms with van der Waals surface area (Å²) in [5.41, 5.74) is 6.96. The van der Waals surface area contributed by atoms with E-state index in [2.05, 4.69) is 10.1 Å². The van der Waals surface area contributed by atoms with E-state index in [1.807, 2.05) is 0 Å². The van der Waals surface area contributed by atoms with E-state index < -0.39 is 5.97 Å². The smallest absolute Gasteiger partial charge is 0.340 e. The predicted molar refractivity (Wildman–Crippen MR) is 102 cm³/mol. The zero-order valence-corrected chi connectivity index (χ0v) is 15.8. The molecule has 0 fully saturated rings. The summed E-state index contributed by atoms with van der Waals surface area (Å²) in [5, 5.41) is 2.77. The van der Waals surface area contributed by atoms with Gasteiger partial charge in [-0.1, -0.05) is 12.1 Å². The lowest BCUT2D eigenvalue weighted by atomic mass is 10.1. The molecule has 0 radical (unpaired) electrons. The van der Waals surface area contributed by atoms with Crippen molar-refractivity contribution in [1.29, 1.82) is 0 Å². The molecule has 0 aromatic heterocycles. The van der Waals surface area contributed by atoms with Gasteiger partial charge in [-0.05, 0) is 24.1 Å². The fourth-order valence-electron chi connectivity index (χ4n) is 2.47. The third kappa shape index (κ3) is 5.87. The Balaban J connectivity index is 1.81. The highest BCUT2D eigenvalue weighted by Crippen LogP contribution is 2.32. The van der Waals surface area contributed by atoms with Crippen LogP contribution in [-0.4, -0.2) is 39.2 Å². The predicted octanol–water partition coefficient (Wildman–Crippen LogP) is 2.33. The standard InChI is InChI=1S/C20H23FN2O5/c1-26-17-12-16(22)15(20(25)27-2)11-18(17)28-9-3-8-23-19(24)10-13-4-6-14(21)7-5-13/h4-7,11-12H,3,8-10,22H2,1-2H3,(H,23,24). The molecule has 2 rings (SSSR count). The van der Waals surface area contributed by atoms with Crippen molar-refractivity contribution in [2.75, 3.05) is 33.1 Å². The van der Waals surface area contributed by atoms with E-state index in [9.17, 15) is 14.0 Å². The van der Waals surface area contributed by atoms with E-state index in [-0.39, 0.29) is 36.0 Å². The average molecular weight is 390 g/mol. The van der Waals surface area contributed by atoms with Crippen molar-refractivity contribution in [3.8, 4) is 11.5 Å². The maximum Gasteiger partial charge on any atom is 0.340 e. The number of halogens is 1. The molecule has 0 spiro atoms. The summed E-state index contributed by atoms with van der Waals surface area (Å²) in [4.78, 5) is 23.6. The molecule has 0 aliphatic carbocycles. The maximum atomic E-state index is 12.9. The summed E-state index contributed by atoms with van der Waals surface area (Å²) in [6, 6.07) is 8.74. The Morgan fingerprint density at radius 2 is 1.82 bits per heavy atom. The molecule has 1 amide bonds. The molecule has 0 aliphatic rings. The van der Waals surface area contributed by atoms with Gasteiger partial charge < -0.3 is 25.3 Å². The van der Waals surface area contributed by atoms with Crippen LogP contribution in [0.2, 0.25) is 0 Å². The first kappa shape index (κ1) is 21.0. The lowest BCUT2D eigenvalue weighted by Gasteiger charge is -2.14. The van der Waals surface area contributed by atoms with E-state index in [4.69, 9.17) is 15.2 Å². The quantitative estimate of drug-likeness (QED) is 0.387. The Morgan fingerprint density at radius 3 is 2.46 bits per heavy atom. The molecule has 28 heavy (non-hydrogen) atoms. The van der Waals surface area contributed by atoms with Crippen molar-refractivity contribution < 1.29 is 28.2 Å². The van der Waals surface area contributed by atoms with Gasteiger partial charge in [-0.2, -0.15) is 0 Å². The molecule has 150 valence electrons. The van der Waals surface area contributed by atoms with Gasteiger partial charge in [0.25, 0.3) is 0 Å². The largest absolute Gasteiger partial charge is 0.493 e. The van der Waals surface area contributed by atoms with Gasteiger partial charge in [-0.15, -0.1) is 0 Å². The van der Waals surface area contributed by atoms with E-state index in [0.29, 0.717) is 24.5 Å². The minimum absolute atomic E-state index is 0.162. The molecule has 0 heterocycles. The third-order valence-electron chi connectivity index (χ3n) is 3.92. The Bertz CT molecular complexity index is 824. The molecule has 0 saturated heterocycles. The molecule has 2 aromatic rings. The van der Waals surface area contributed by atoms with Gasteiger partial charge in [-0.3, -0.25) is 4.79 Å². The second kappa shape index (κ2) is 10.1. The molecule has 3 N–H and O–H groups in total. The number of nitrogens with two attached hydrogens (primary N) is 1. The molecule has 0 saturated carbocycles. The first-order valence-electron chi connectivity index (χ1n) is 8.64. The van der Waals surface area contributed by atoms with Gasteiger partial charge >= 0.3 is 5.97 Å². The van der Waals surface area contributed by atoms with Gasteiger partial charge in [0.1, 0.15) is 5.82 Å². The summed E-state index contributed by atoms with van der Waals surface area (Å²) in [6.45, 7) is 0.693. The van der Waals surface area contributed by atoms with Crippen LogP contribution in [0.15, 0.2) is 36.4 Å². The van der Waals surface area contributed by atoms with Crippen LogP contribution >= 0.6 is 0 Å². The molecule has 2 aromatic carbocycles. The number of benzene rings is 2. The maximum absolute atomic E-state index is 12.9. The summed E-state index contributed by atoms with van der Waals surface area (Å²) < 4.78 is 28.4. The van der Waals surface area contributed by atoms with Gasteiger partial charge in [0.05, 0.1) is 38.5 Å². The second-order valence-electron chi connectivity index (χ2n) is 5.94. The molecule has 8 heteroatoms. The van der Waals surface area contributed by atoms with Crippen molar-refractivity contribution in [3.05, 3.63) is 53.3 Å². The number of hydrogen-bond acceptors (Lipinski definition) is 6. The minimum atomic E-state index is -0.571. The normalized spacial score (nSPS) is 10.2. The molecule has 7 nitrogen and oxygen atoms in total. The SMILES string of the molecule is COC(=O)c1cc(OCCCNC(=O)Cc2ccc(F)cc2)c(OC)cc1N. The topological polar surface area (TPSA) is 99.9 Å². The fraction of sp³-hybridized carbons (Fsp3) is 0.300. The number of anilines is 1. The van der Waals surface area contributed by atoms with E-state index in [1.165, 1.54) is 38.5 Å². The van der Waals surface area contributed by atoms with Crippen LogP contribution in [0.3, 0.4) is 0 Å². The third-order valence-corrected chi connectivity index (χ3v) is 3.92. The van der Waals surface area contributed by atoms with Crippen LogP contribution in [0.4, 0.5) is 10.1 Å². The molecule has 0 unspecified atom stereocenters. The first-order valence-corrected chi connectivity index (χ1v) is 8.64. The number of ether oxygens (including phenoxy) is 3. The highest BCUT2D eigenvalue weighted by atomic mass is 19.1. The van der Waals surface area contributed by atoms with Crippen LogP contribution < -0.4 is 20.5 Å². The summed E-state index contributed by atoms with van der Waals surface area (Å²) in [6.07, 6.45) is 0.714. The monoisotopic (exact) mass is 390 g/mol. The van der Waals surface area contributed by atoms with Crippen molar-refractivity contribution in [2.45, 2.75) is 12.8 Å².